The summed E-state index contributed by atoms with van der Waals surface area (Å²) < 4.78 is 11.0. The van der Waals surface area contributed by atoms with Gasteiger partial charge >= 0.3 is 6.09 Å². The number of carbonyl (C=O) groups is 1. The van der Waals surface area contributed by atoms with Gasteiger partial charge in [-0.2, -0.15) is 0 Å². The highest BCUT2D eigenvalue weighted by molar-refractivity contribution is 5.68. The normalized spacial score (nSPS) is 15.0. The van der Waals surface area contributed by atoms with Crippen molar-refractivity contribution in [3.8, 4) is 0 Å². The van der Waals surface area contributed by atoms with Gasteiger partial charge in [-0.15, -0.1) is 6.58 Å². The van der Waals surface area contributed by atoms with Crippen molar-refractivity contribution >= 4 is 6.09 Å². The van der Waals surface area contributed by atoms with Gasteiger partial charge in [0, 0.05) is 6.61 Å². The van der Waals surface area contributed by atoms with Crippen molar-refractivity contribution in [2.75, 3.05) is 13.2 Å². The van der Waals surface area contributed by atoms with Gasteiger partial charge in [0.1, 0.15) is 11.3 Å². The fourth-order valence-electron chi connectivity index (χ4n) is 2.05. The van der Waals surface area contributed by atoms with Gasteiger partial charge in [0.25, 0.3) is 0 Å². The number of allylic oxidation sites excluding steroid dienone is 1. The van der Waals surface area contributed by atoms with Crippen molar-refractivity contribution in [3.05, 3.63) is 12.7 Å². The Labute approximate surface area is 135 Å². The average Bonchev–Trinajstić information content (AvgIpc) is 2.32. The van der Waals surface area contributed by atoms with Gasteiger partial charge < -0.3 is 14.6 Å². The van der Waals surface area contributed by atoms with E-state index in [1.54, 1.807) is 13.8 Å². The molecule has 130 valence electrons. The number of carbonyl (C=O) groups excluding carboxylic acids is 1. The molecule has 0 heterocycles. The first-order valence-electron chi connectivity index (χ1n) is 7.86. The molecule has 2 atom stereocenters. The molecule has 0 radical (unpaired) electrons. The molecule has 0 aromatic heterocycles. The summed E-state index contributed by atoms with van der Waals surface area (Å²) in [5.41, 5.74) is -1.34. The fraction of sp³-hybridized carbons (Fsp3) is 0.824. The topological polar surface area (TPSA) is 67.8 Å². The summed E-state index contributed by atoms with van der Waals surface area (Å²) >= 11 is 0. The highest BCUT2D eigenvalue weighted by atomic mass is 16.6. The number of nitrogens with one attached hydrogen (secondary N) is 1. The molecular formula is C17H33NO4. The van der Waals surface area contributed by atoms with E-state index < -0.39 is 17.4 Å². The van der Waals surface area contributed by atoms with Gasteiger partial charge in [0.2, 0.25) is 0 Å². The maximum absolute atomic E-state index is 11.8. The summed E-state index contributed by atoms with van der Waals surface area (Å²) in [6, 6.07) is 0. The van der Waals surface area contributed by atoms with E-state index >= 15 is 0 Å². The molecule has 5 nitrogen and oxygen atoms in total. The molecule has 0 aromatic carbocycles. The molecule has 0 spiro atoms. The lowest BCUT2D eigenvalue weighted by Gasteiger charge is -2.30. The predicted molar refractivity (Wildman–Crippen MR) is 88.6 cm³/mol. The molecule has 1 amide bonds. The maximum atomic E-state index is 11.8. The quantitative estimate of drug-likeness (QED) is 0.505. The maximum Gasteiger partial charge on any atom is 0.409 e. The van der Waals surface area contributed by atoms with Crippen LogP contribution < -0.4 is 5.32 Å². The van der Waals surface area contributed by atoms with Crippen molar-refractivity contribution in [2.45, 2.75) is 65.7 Å². The van der Waals surface area contributed by atoms with E-state index in [-0.39, 0.29) is 18.4 Å². The summed E-state index contributed by atoms with van der Waals surface area (Å²) in [5, 5.41) is 12.0. The lowest BCUT2D eigenvalue weighted by Crippen LogP contribution is -2.48. The Morgan fingerprint density at radius 1 is 1.32 bits per heavy atom. The third-order valence-corrected chi connectivity index (χ3v) is 3.02. The third kappa shape index (κ3) is 10.6. The zero-order valence-electron chi connectivity index (χ0n) is 14.9. The lowest BCUT2D eigenvalue weighted by molar-refractivity contribution is -0.0623. The molecule has 0 saturated heterocycles. The smallest absolute Gasteiger partial charge is 0.409 e. The fourth-order valence-corrected chi connectivity index (χ4v) is 2.05. The van der Waals surface area contributed by atoms with Crippen LogP contribution >= 0.6 is 0 Å². The number of alkyl carbamates (subject to hydrolysis) is 1. The molecule has 5 heteroatoms. The number of ether oxygens (including phenoxy) is 2. The molecule has 0 aromatic rings. The van der Waals surface area contributed by atoms with Crippen molar-refractivity contribution in [2.24, 2.45) is 11.8 Å². The van der Waals surface area contributed by atoms with Crippen molar-refractivity contribution in [1.82, 2.24) is 5.32 Å². The SMILES string of the molecule is C=CCC(CO)CC(C)COC(C)(C)NC(=O)OC(C)(C)C. The van der Waals surface area contributed by atoms with Crippen LogP contribution in [-0.4, -0.2) is 35.7 Å². The number of aliphatic hydroxyl groups is 1. The lowest BCUT2D eigenvalue weighted by atomic mass is 9.94. The minimum Gasteiger partial charge on any atom is -0.444 e. The Kier molecular flexibility index (Phi) is 8.71. The number of amides is 1. The first kappa shape index (κ1) is 20.9. The highest BCUT2D eigenvalue weighted by Crippen LogP contribution is 2.18. The monoisotopic (exact) mass is 315 g/mol. The van der Waals surface area contributed by atoms with Crippen molar-refractivity contribution < 1.29 is 19.4 Å². The molecule has 0 aliphatic heterocycles. The highest BCUT2D eigenvalue weighted by Gasteiger charge is 2.26. The Balaban J connectivity index is 4.25. The molecule has 0 bridgehead atoms. The molecule has 0 aliphatic rings. The standard InChI is InChI=1S/C17H33NO4/c1-8-9-14(11-19)10-13(2)12-21-17(6,7)18-15(20)22-16(3,4)5/h8,13-14,19H,1,9-12H2,2-7H3,(H,18,20). The Morgan fingerprint density at radius 3 is 2.36 bits per heavy atom. The van der Waals surface area contributed by atoms with Gasteiger partial charge in [0.15, 0.2) is 0 Å². The molecule has 0 rings (SSSR count). The van der Waals surface area contributed by atoms with Crippen LogP contribution in [0.1, 0.15) is 54.4 Å². The van der Waals surface area contributed by atoms with E-state index in [1.807, 2.05) is 26.8 Å². The Morgan fingerprint density at radius 2 is 1.91 bits per heavy atom. The number of aliphatic hydroxyl groups excluding tert-OH is 1. The average molecular weight is 315 g/mol. The van der Waals surface area contributed by atoms with Crippen LogP contribution in [0, 0.1) is 11.8 Å². The minimum atomic E-state index is -0.802. The largest absolute Gasteiger partial charge is 0.444 e. The Hall–Kier alpha value is -1.07. The van der Waals surface area contributed by atoms with Crippen LogP contribution in [0.2, 0.25) is 0 Å². The van der Waals surface area contributed by atoms with E-state index in [2.05, 4.69) is 18.8 Å². The number of hydrogen-bond acceptors (Lipinski definition) is 4. The van der Waals surface area contributed by atoms with Gasteiger partial charge in [-0.25, -0.2) is 4.79 Å². The van der Waals surface area contributed by atoms with Crippen molar-refractivity contribution in [3.63, 3.8) is 0 Å². The predicted octanol–water partition coefficient (Wildman–Crippen LogP) is 3.47. The second-order valence-corrected chi connectivity index (χ2v) is 7.36. The first-order valence-corrected chi connectivity index (χ1v) is 7.86. The van der Waals surface area contributed by atoms with Gasteiger partial charge in [-0.1, -0.05) is 13.0 Å². The molecular weight excluding hydrogens is 282 g/mol. The van der Waals surface area contributed by atoms with Gasteiger partial charge in [-0.3, -0.25) is 5.32 Å². The van der Waals surface area contributed by atoms with E-state index in [0.29, 0.717) is 6.61 Å². The zero-order valence-corrected chi connectivity index (χ0v) is 14.9. The van der Waals surface area contributed by atoms with Crippen LogP contribution in [-0.2, 0) is 9.47 Å². The number of hydrogen-bond donors (Lipinski definition) is 2. The summed E-state index contributed by atoms with van der Waals surface area (Å²) in [7, 11) is 0. The third-order valence-electron chi connectivity index (χ3n) is 3.02. The van der Waals surface area contributed by atoms with E-state index in [1.165, 1.54) is 0 Å². The second kappa shape index (κ2) is 9.16. The minimum absolute atomic E-state index is 0.149. The molecule has 0 aliphatic carbocycles. The molecule has 0 fully saturated rings. The second-order valence-electron chi connectivity index (χ2n) is 7.36. The van der Waals surface area contributed by atoms with Gasteiger partial charge in [-0.05, 0) is 59.3 Å². The Bertz CT molecular complexity index is 347. The summed E-state index contributed by atoms with van der Waals surface area (Å²) in [4.78, 5) is 11.8. The molecule has 0 saturated carbocycles. The van der Waals surface area contributed by atoms with E-state index in [4.69, 9.17) is 9.47 Å². The van der Waals surface area contributed by atoms with Crippen LogP contribution in [0.3, 0.4) is 0 Å². The van der Waals surface area contributed by atoms with Crippen LogP contribution in [0.4, 0.5) is 4.79 Å². The van der Waals surface area contributed by atoms with Crippen molar-refractivity contribution in [1.29, 1.82) is 0 Å². The van der Waals surface area contributed by atoms with Gasteiger partial charge in [0.05, 0.1) is 6.61 Å². The summed E-state index contributed by atoms with van der Waals surface area (Å²) in [6.45, 7) is 15.4. The summed E-state index contributed by atoms with van der Waals surface area (Å²) in [6.07, 6.45) is 2.97. The van der Waals surface area contributed by atoms with E-state index in [9.17, 15) is 9.90 Å². The molecule has 2 unspecified atom stereocenters. The molecule has 2 N–H and O–H groups in total. The summed E-state index contributed by atoms with van der Waals surface area (Å²) in [5.74, 6) is 0.481. The first-order chi connectivity index (χ1) is 9.99. The van der Waals surface area contributed by atoms with Crippen LogP contribution in [0.5, 0.6) is 0 Å². The zero-order chi connectivity index (χ0) is 17.4. The van der Waals surface area contributed by atoms with Crippen LogP contribution in [0.15, 0.2) is 12.7 Å². The van der Waals surface area contributed by atoms with E-state index in [0.717, 1.165) is 12.8 Å². The number of rotatable bonds is 9. The van der Waals surface area contributed by atoms with Crippen LogP contribution in [0.25, 0.3) is 0 Å². The molecule has 22 heavy (non-hydrogen) atoms.